The number of amides is 1. The van der Waals surface area contributed by atoms with Crippen molar-refractivity contribution >= 4 is 27.5 Å². The fourth-order valence-electron chi connectivity index (χ4n) is 2.01. The molecule has 0 radical (unpaired) electrons. The number of carbonyl (C=O) groups is 1. The van der Waals surface area contributed by atoms with Crippen molar-refractivity contribution in [2.45, 2.75) is 40.5 Å². The first-order chi connectivity index (χ1) is 10.5. The molecule has 8 heteroatoms. The smallest absolute Gasteiger partial charge is 0.226 e. The molecule has 0 aliphatic rings. The van der Waals surface area contributed by atoms with Gasteiger partial charge >= 0.3 is 0 Å². The molecule has 0 bridgehead atoms. The van der Waals surface area contributed by atoms with Crippen LogP contribution in [0.1, 0.15) is 24.7 Å². The van der Waals surface area contributed by atoms with Crippen molar-refractivity contribution < 1.29 is 9.53 Å². The van der Waals surface area contributed by atoms with Gasteiger partial charge < -0.3 is 10.1 Å². The molecule has 0 aromatic carbocycles. The highest BCUT2D eigenvalue weighted by Gasteiger charge is 2.10. The van der Waals surface area contributed by atoms with Gasteiger partial charge in [-0.25, -0.2) is 4.68 Å². The Morgan fingerprint density at radius 3 is 2.86 bits per heavy atom. The summed E-state index contributed by atoms with van der Waals surface area (Å²) >= 11 is 3.48. The Hall–Kier alpha value is -1.67. The Morgan fingerprint density at radius 1 is 1.45 bits per heavy atom. The van der Waals surface area contributed by atoms with Gasteiger partial charge in [-0.1, -0.05) is 0 Å². The minimum absolute atomic E-state index is 0.0698. The van der Waals surface area contributed by atoms with Gasteiger partial charge in [0.05, 0.1) is 34.8 Å². The maximum Gasteiger partial charge on any atom is 0.226 e. The molecule has 1 N–H and O–H groups in total. The van der Waals surface area contributed by atoms with E-state index in [-0.39, 0.29) is 5.91 Å². The third kappa shape index (κ3) is 4.17. The van der Waals surface area contributed by atoms with Gasteiger partial charge in [-0.15, -0.1) is 0 Å². The van der Waals surface area contributed by atoms with Crippen molar-refractivity contribution in [3.05, 3.63) is 28.3 Å². The largest absolute Gasteiger partial charge is 0.360 e. The van der Waals surface area contributed by atoms with Crippen LogP contribution in [0, 0.1) is 13.8 Å². The van der Waals surface area contributed by atoms with E-state index in [4.69, 9.17) is 4.74 Å². The highest BCUT2D eigenvalue weighted by Crippen LogP contribution is 2.19. The summed E-state index contributed by atoms with van der Waals surface area (Å²) in [5, 5.41) is 11.3. The molecule has 0 fully saturated rings. The third-order valence-electron chi connectivity index (χ3n) is 3.19. The zero-order valence-electron chi connectivity index (χ0n) is 13.0. The second-order valence-corrected chi connectivity index (χ2v) is 5.69. The predicted octanol–water partition coefficient (Wildman–Crippen LogP) is 2.48. The first-order valence-electron chi connectivity index (χ1n) is 7.10. The quantitative estimate of drug-likeness (QED) is 0.813. The lowest BCUT2D eigenvalue weighted by molar-refractivity contribution is -0.116. The van der Waals surface area contributed by atoms with Crippen LogP contribution in [0.5, 0.6) is 0 Å². The molecule has 0 spiro atoms. The second kappa shape index (κ2) is 7.55. The lowest BCUT2D eigenvalue weighted by atomic mass is 10.3. The number of aromatic nitrogens is 4. The molecule has 2 heterocycles. The van der Waals surface area contributed by atoms with E-state index in [0.29, 0.717) is 32.0 Å². The first kappa shape index (κ1) is 16.7. The van der Waals surface area contributed by atoms with Gasteiger partial charge in [0.2, 0.25) is 5.91 Å². The normalized spacial score (nSPS) is 10.9. The van der Waals surface area contributed by atoms with Crippen molar-refractivity contribution in [1.29, 1.82) is 0 Å². The van der Waals surface area contributed by atoms with Gasteiger partial charge in [0.25, 0.3) is 0 Å². The molecule has 0 aliphatic carbocycles. The number of ether oxygens (including phenoxy) is 1. The minimum Gasteiger partial charge on any atom is -0.360 e. The van der Waals surface area contributed by atoms with E-state index in [9.17, 15) is 4.79 Å². The van der Waals surface area contributed by atoms with E-state index in [1.54, 1.807) is 17.1 Å². The highest BCUT2D eigenvalue weighted by atomic mass is 79.9. The van der Waals surface area contributed by atoms with Crippen LogP contribution in [0.25, 0.3) is 0 Å². The van der Waals surface area contributed by atoms with E-state index >= 15 is 0 Å². The molecule has 2 aromatic rings. The van der Waals surface area contributed by atoms with Crippen LogP contribution < -0.4 is 5.32 Å². The average Bonchev–Trinajstić information content (AvgIpc) is 3.03. The Bertz CT molecular complexity index is 650. The lowest BCUT2D eigenvalue weighted by Gasteiger charge is -2.05. The maximum absolute atomic E-state index is 12.0. The van der Waals surface area contributed by atoms with Crippen molar-refractivity contribution in [1.82, 2.24) is 19.6 Å². The number of anilines is 1. The number of halogens is 1. The molecule has 120 valence electrons. The maximum atomic E-state index is 12.0. The molecular weight excluding hydrogens is 350 g/mol. The summed E-state index contributed by atoms with van der Waals surface area (Å²) in [6.07, 6.45) is 3.70. The lowest BCUT2D eigenvalue weighted by Crippen LogP contribution is -2.15. The number of aryl methyl sites for hydroxylation is 2. The average molecular weight is 370 g/mol. The molecule has 1 amide bonds. The number of nitrogens with one attached hydrogen (secondary N) is 1. The van der Waals surface area contributed by atoms with Gasteiger partial charge in [-0.3, -0.25) is 9.48 Å². The molecule has 0 saturated heterocycles. The summed E-state index contributed by atoms with van der Waals surface area (Å²) in [5.74, 6) is -0.0698. The van der Waals surface area contributed by atoms with E-state index in [2.05, 4.69) is 31.4 Å². The standard InChI is InChI=1S/C14H20BrN5O2/c1-4-22-9-19-8-12(7-16-19)17-13(21)5-6-20-11(3)14(15)10(2)18-20/h7-8H,4-6,9H2,1-3H3,(H,17,21). The summed E-state index contributed by atoms with van der Waals surface area (Å²) < 4.78 is 9.70. The Balaban J connectivity index is 1.85. The zero-order valence-corrected chi connectivity index (χ0v) is 14.6. The fourth-order valence-corrected chi connectivity index (χ4v) is 2.29. The molecule has 7 nitrogen and oxygen atoms in total. The van der Waals surface area contributed by atoms with Crippen LogP contribution in [0.3, 0.4) is 0 Å². The van der Waals surface area contributed by atoms with Crippen molar-refractivity contribution in [2.75, 3.05) is 11.9 Å². The summed E-state index contributed by atoms with van der Waals surface area (Å²) in [6, 6.07) is 0. The summed E-state index contributed by atoms with van der Waals surface area (Å²) in [5.41, 5.74) is 2.61. The number of carbonyl (C=O) groups excluding carboxylic acids is 1. The third-order valence-corrected chi connectivity index (χ3v) is 4.34. The SMILES string of the molecule is CCOCn1cc(NC(=O)CCn2nc(C)c(Br)c2C)cn1. The van der Waals surface area contributed by atoms with Crippen LogP contribution in [0.2, 0.25) is 0 Å². The summed E-state index contributed by atoms with van der Waals surface area (Å²) in [7, 11) is 0. The van der Waals surface area contributed by atoms with Crippen LogP contribution in [-0.2, 0) is 22.8 Å². The van der Waals surface area contributed by atoms with Crippen molar-refractivity contribution in [3.8, 4) is 0 Å². The fraction of sp³-hybridized carbons (Fsp3) is 0.500. The minimum atomic E-state index is -0.0698. The Labute approximate surface area is 137 Å². The zero-order chi connectivity index (χ0) is 16.1. The van der Waals surface area contributed by atoms with E-state index in [0.717, 1.165) is 15.9 Å². The Kier molecular flexibility index (Phi) is 5.73. The topological polar surface area (TPSA) is 74.0 Å². The molecule has 0 saturated carbocycles. The van der Waals surface area contributed by atoms with Crippen molar-refractivity contribution in [3.63, 3.8) is 0 Å². The van der Waals surface area contributed by atoms with Gasteiger partial charge in [-0.05, 0) is 36.7 Å². The summed E-state index contributed by atoms with van der Waals surface area (Å²) in [6.45, 7) is 7.37. The van der Waals surface area contributed by atoms with Gasteiger partial charge in [0.1, 0.15) is 6.73 Å². The molecule has 2 aromatic heterocycles. The predicted molar refractivity (Wildman–Crippen MR) is 86.5 cm³/mol. The highest BCUT2D eigenvalue weighted by molar-refractivity contribution is 9.10. The monoisotopic (exact) mass is 369 g/mol. The molecule has 0 unspecified atom stereocenters. The van der Waals surface area contributed by atoms with E-state index in [1.807, 2.05) is 25.5 Å². The Morgan fingerprint density at radius 2 is 2.23 bits per heavy atom. The van der Waals surface area contributed by atoms with E-state index in [1.165, 1.54) is 0 Å². The van der Waals surface area contributed by atoms with Crippen LogP contribution >= 0.6 is 15.9 Å². The van der Waals surface area contributed by atoms with Gasteiger partial charge in [0.15, 0.2) is 0 Å². The van der Waals surface area contributed by atoms with Gasteiger partial charge in [0, 0.05) is 18.7 Å². The van der Waals surface area contributed by atoms with Crippen LogP contribution in [0.15, 0.2) is 16.9 Å². The summed E-state index contributed by atoms with van der Waals surface area (Å²) in [4.78, 5) is 12.0. The van der Waals surface area contributed by atoms with E-state index < -0.39 is 0 Å². The molecule has 0 atom stereocenters. The molecule has 0 aliphatic heterocycles. The number of rotatable bonds is 7. The van der Waals surface area contributed by atoms with Crippen molar-refractivity contribution in [2.24, 2.45) is 0 Å². The second-order valence-electron chi connectivity index (χ2n) is 4.90. The van der Waals surface area contributed by atoms with Crippen LogP contribution in [0.4, 0.5) is 5.69 Å². The molecule has 22 heavy (non-hydrogen) atoms. The number of hydrogen-bond donors (Lipinski definition) is 1. The molecular formula is C14H20BrN5O2. The number of hydrogen-bond acceptors (Lipinski definition) is 4. The number of nitrogens with zero attached hydrogens (tertiary/aromatic N) is 4. The first-order valence-corrected chi connectivity index (χ1v) is 7.90. The van der Waals surface area contributed by atoms with Gasteiger partial charge in [-0.2, -0.15) is 10.2 Å². The molecule has 2 rings (SSSR count). The van der Waals surface area contributed by atoms with Crippen LogP contribution in [-0.4, -0.2) is 32.1 Å².